The third-order valence-corrected chi connectivity index (χ3v) is 4.68. The van der Waals surface area contributed by atoms with E-state index < -0.39 is 10.0 Å². The lowest BCUT2D eigenvalue weighted by Gasteiger charge is -2.13. The van der Waals surface area contributed by atoms with E-state index in [2.05, 4.69) is 4.72 Å². The van der Waals surface area contributed by atoms with Gasteiger partial charge in [0, 0.05) is 24.6 Å². The summed E-state index contributed by atoms with van der Waals surface area (Å²) in [6.45, 7) is 0.302. The van der Waals surface area contributed by atoms with Gasteiger partial charge in [-0.15, -0.1) is 0 Å². The van der Waals surface area contributed by atoms with Crippen LogP contribution in [0.5, 0.6) is 5.75 Å². The van der Waals surface area contributed by atoms with Crippen LogP contribution in [0, 0.1) is 5.41 Å². The molecule has 0 unspecified atom stereocenters. The van der Waals surface area contributed by atoms with E-state index in [1.165, 1.54) is 19.2 Å². The van der Waals surface area contributed by atoms with Crippen molar-refractivity contribution in [3.8, 4) is 5.75 Å². The number of hydrogen-bond acceptors (Lipinski definition) is 4. The molecular formula is C12H17NO4S. The topological polar surface area (TPSA) is 75.6 Å². The van der Waals surface area contributed by atoms with E-state index in [0.717, 1.165) is 12.8 Å². The van der Waals surface area contributed by atoms with E-state index in [0.29, 0.717) is 5.75 Å². The minimum atomic E-state index is -3.54. The van der Waals surface area contributed by atoms with Gasteiger partial charge in [-0.1, -0.05) is 6.07 Å². The molecule has 5 nitrogen and oxygen atoms in total. The molecule has 0 heterocycles. The van der Waals surface area contributed by atoms with Crippen molar-refractivity contribution in [2.45, 2.75) is 17.7 Å². The van der Waals surface area contributed by atoms with Crippen molar-refractivity contribution in [1.29, 1.82) is 0 Å². The number of aliphatic hydroxyl groups is 1. The fourth-order valence-electron chi connectivity index (χ4n) is 1.67. The molecule has 1 aromatic rings. The van der Waals surface area contributed by atoms with Gasteiger partial charge in [0.15, 0.2) is 0 Å². The number of rotatable bonds is 6. The summed E-state index contributed by atoms with van der Waals surface area (Å²) in [6.07, 6.45) is 1.73. The fraction of sp³-hybridized carbons (Fsp3) is 0.500. The normalized spacial score (nSPS) is 17.4. The molecule has 0 saturated heterocycles. The average Bonchev–Trinajstić information content (AvgIpc) is 3.17. The van der Waals surface area contributed by atoms with E-state index in [4.69, 9.17) is 9.84 Å². The van der Waals surface area contributed by atoms with Crippen molar-refractivity contribution < 1.29 is 18.3 Å². The highest BCUT2D eigenvalue weighted by Gasteiger charge is 2.42. The second-order valence-corrected chi connectivity index (χ2v) is 6.43. The zero-order valence-corrected chi connectivity index (χ0v) is 11.0. The van der Waals surface area contributed by atoms with Gasteiger partial charge in [-0.3, -0.25) is 0 Å². The molecule has 0 aromatic heterocycles. The molecule has 0 radical (unpaired) electrons. The lowest BCUT2D eigenvalue weighted by molar-refractivity contribution is 0.213. The van der Waals surface area contributed by atoms with Crippen LogP contribution in [-0.2, 0) is 10.0 Å². The molecule has 1 aromatic carbocycles. The largest absolute Gasteiger partial charge is 0.497 e. The van der Waals surface area contributed by atoms with Crippen LogP contribution in [-0.4, -0.2) is 33.8 Å². The summed E-state index contributed by atoms with van der Waals surface area (Å²) < 4.78 is 31.6. The van der Waals surface area contributed by atoms with Crippen LogP contribution in [0.25, 0.3) is 0 Å². The Bertz CT molecular complexity index is 523. The Morgan fingerprint density at radius 3 is 2.72 bits per heavy atom. The van der Waals surface area contributed by atoms with Gasteiger partial charge in [0.05, 0.1) is 12.0 Å². The van der Waals surface area contributed by atoms with Gasteiger partial charge in [0.2, 0.25) is 10.0 Å². The second-order valence-electron chi connectivity index (χ2n) is 4.66. The van der Waals surface area contributed by atoms with Crippen molar-refractivity contribution in [1.82, 2.24) is 4.72 Å². The van der Waals surface area contributed by atoms with Gasteiger partial charge < -0.3 is 9.84 Å². The number of methoxy groups -OCH3 is 1. The van der Waals surface area contributed by atoms with Gasteiger partial charge in [-0.2, -0.15) is 0 Å². The average molecular weight is 271 g/mol. The molecule has 18 heavy (non-hydrogen) atoms. The van der Waals surface area contributed by atoms with Crippen LogP contribution < -0.4 is 9.46 Å². The quantitative estimate of drug-likeness (QED) is 0.800. The number of benzene rings is 1. The lowest BCUT2D eigenvalue weighted by atomic mass is 10.1. The smallest absolute Gasteiger partial charge is 0.240 e. The zero-order chi connectivity index (χ0) is 13.2. The highest BCUT2D eigenvalue weighted by atomic mass is 32.2. The molecule has 1 fully saturated rings. The first-order chi connectivity index (χ1) is 8.51. The van der Waals surface area contributed by atoms with Gasteiger partial charge in [0.1, 0.15) is 5.75 Å². The maximum Gasteiger partial charge on any atom is 0.240 e. The second kappa shape index (κ2) is 4.87. The van der Waals surface area contributed by atoms with Crippen molar-refractivity contribution in [2.24, 2.45) is 5.41 Å². The fourth-order valence-corrected chi connectivity index (χ4v) is 2.86. The van der Waals surface area contributed by atoms with Crippen molar-refractivity contribution in [3.05, 3.63) is 24.3 Å². The molecule has 2 rings (SSSR count). The van der Waals surface area contributed by atoms with Crippen molar-refractivity contribution in [2.75, 3.05) is 20.3 Å². The predicted molar refractivity (Wildman–Crippen MR) is 66.9 cm³/mol. The minimum Gasteiger partial charge on any atom is -0.497 e. The van der Waals surface area contributed by atoms with Crippen LogP contribution >= 0.6 is 0 Å². The number of hydrogen-bond donors (Lipinski definition) is 2. The summed E-state index contributed by atoms with van der Waals surface area (Å²) in [5, 5.41) is 9.15. The Balaban J connectivity index is 2.10. The van der Waals surface area contributed by atoms with Crippen LogP contribution in [0.2, 0.25) is 0 Å². The number of sulfonamides is 1. The first-order valence-electron chi connectivity index (χ1n) is 5.76. The van der Waals surface area contributed by atoms with Gasteiger partial charge in [-0.25, -0.2) is 13.1 Å². The minimum absolute atomic E-state index is 0.0215. The summed E-state index contributed by atoms with van der Waals surface area (Å²) in [7, 11) is -2.05. The van der Waals surface area contributed by atoms with Crippen LogP contribution in [0.15, 0.2) is 29.2 Å². The molecule has 1 aliphatic carbocycles. The third-order valence-electron chi connectivity index (χ3n) is 3.28. The zero-order valence-electron chi connectivity index (χ0n) is 10.2. The summed E-state index contributed by atoms with van der Waals surface area (Å²) in [5.41, 5.74) is -0.244. The summed E-state index contributed by atoms with van der Waals surface area (Å²) in [4.78, 5) is 0.176. The van der Waals surface area contributed by atoms with E-state index in [1.807, 2.05) is 0 Å². The standard InChI is InChI=1S/C12H17NO4S/c1-17-10-3-2-4-11(7-10)18(15,16)13-8-12(9-14)5-6-12/h2-4,7,13-14H,5-6,8-9H2,1H3. The monoisotopic (exact) mass is 271 g/mol. The van der Waals surface area contributed by atoms with E-state index in [-0.39, 0.29) is 23.5 Å². The molecule has 6 heteroatoms. The first-order valence-corrected chi connectivity index (χ1v) is 7.24. The number of ether oxygens (including phenoxy) is 1. The van der Waals surface area contributed by atoms with Gasteiger partial charge in [-0.05, 0) is 25.0 Å². The van der Waals surface area contributed by atoms with Crippen LogP contribution in [0.4, 0.5) is 0 Å². The maximum absolute atomic E-state index is 12.0. The van der Waals surface area contributed by atoms with E-state index in [9.17, 15) is 8.42 Å². The van der Waals surface area contributed by atoms with Crippen molar-refractivity contribution in [3.63, 3.8) is 0 Å². The van der Waals surface area contributed by atoms with Crippen molar-refractivity contribution >= 4 is 10.0 Å². The SMILES string of the molecule is COc1cccc(S(=O)(=O)NCC2(CO)CC2)c1. The molecule has 2 N–H and O–H groups in total. The summed E-state index contributed by atoms with van der Waals surface area (Å²) in [6, 6.07) is 6.31. The number of aliphatic hydroxyl groups excluding tert-OH is 1. The molecule has 0 spiro atoms. The molecule has 1 aliphatic rings. The Labute approximate surface area is 107 Å². The predicted octanol–water partition coefficient (Wildman–Crippen LogP) is 0.746. The third kappa shape index (κ3) is 2.82. The van der Waals surface area contributed by atoms with Crippen LogP contribution in [0.3, 0.4) is 0 Å². The van der Waals surface area contributed by atoms with E-state index >= 15 is 0 Å². The molecule has 0 atom stereocenters. The Morgan fingerprint density at radius 1 is 1.44 bits per heavy atom. The van der Waals surface area contributed by atoms with Gasteiger partial charge in [0.25, 0.3) is 0 Å². The number of nitrogens with one attached hydrogen (secondary N) is 1. The highest BCUT2D eigenvalue weighted by Crippen LogP contribution is 2.44. The van der Waals surface area contributed by atoms with E-state index in [1.54, 1.807) is 12.1 Å². The molecule has 100 valence electrons. The molecule has 0 aliphatic heterocycles. The Kier molecular flexibility index (Phi) is 3.61. The highest BCUT2D eigenvalue weighted by molar-refractivity contribution is 7.89. The molecule has 1 saturated carbocycles. The first kappa shape index (κ1) is 13.3. The Hall–Kier alpha value is -1.11. The summed E-state index contributed by atoms with van der Waals surface area (Å²) >= 11 is 0. The van der Waals surface area contributed by atoms with Gasteiger partial charge >= 0.3 is 0 Å². The lowest BCUT2D eigenvalue weighted by Crippen LogP contribution is -2.31. The molecule has 0 bridgehead atoms. The van der Waals surface area contributed by atoms with Crippen LogP contribution in [0.1, 0.15) is 12.8 Å². The molecule has 0 amide bonds. The Morgan fingerprint density at radius 2 is 2.17 bits per heavy atom. The maximum atomic E-state index is 12.0. The molecular weight excluding hydrogens is 254 g/mol. The summed E-state index contributed by atoms with van der Waals surface area (Å²) in [5.74, 6) is 0.501.